The molecule has 4 rings (SSSR count). The van der Waals surface area contributed by atoms with Gasteiger partial charge < -0.3 is 14.6 Å². The van der Waals surface area contributed by atoms with Crippen molar-refractivity contribution < 1.29 is 29.0 Å². The molecule has 0 radical (unpaired) electrons. The maximum Gasteiger partial charge on any atom is 0.350 e. The van der Waals surface area contributed by atoms with Crippen molar-refractivity contribution in [1.82, 2.24) is 4.98 Å². The Bertz CT molecular complexity index is 1410. The Morgan fingerprint density at radius 1 is 1.11 bits per heavy atom. The third kappa shape index (κ3) is 4.86. The molecule has 2 aromatic carbocycles. The summed E-state index contributed by atoms with van der Waals surface area (Å²) < 4.78 is 10.6. The number of amides is 1. The van der Waals surface area contributed by atoms with E-state index in [0.717, 1.165) is 28.9 Å². The van der Waals surface area contributed by atoms with E-state index in [-0.39, 0.29) is 21.3 Å². The first-order chi connectivity index (χ1) is 17.7. The molecule has 1 fully saturated rings. The molecule has 0 spiro atoms. The highest BCUT2D eigenvalue weighted by Crippen LogP contribution is 2.44. The van der Waals surface area contributed by atoms with Crippen molar-refractivity contribution >= 4 is 39.9 Å². The fourth-order valence-electron chi connectivity index (χ4n) is 4.19. The third-order valence-corrected chi connectivity index (χ3v) is 7.25. The van der Waals surface area contributed by atoms with Crippen LogP contribution in [-0.4, -0.2) is 41.5 Å². The van der Waals surface area contributed by atoms with Crippen molar-refractivity contribution in [2.45, 2.75) is 40.2 Å². The standard InChI is InChI=1S/C28H28N2O6S/c1-6-13-36-20-12-11-19(14-16(20)3)23(31)21-22(18-9-7-15(2)8-10-18)30(26(33)24(21)32)28-29-17(4)25(37-28)27(34)35-5/h7-12,14,22,31H,6,13H2,1-5H3/t22-/m1/s1. The number of aromatic nitrogens is 1. The number of esters is 1. The largest absolute Gasteiger partial charge is 0.507 e. The van der Waals surface area contributed by atoms with Crippen LogP contribution in [0.4, 0.5) is 5.13 Å². The number of aryl methyl sites for hydroxylation is 3. The van der Waals surface area contributed by atoms with Gasteiger partial charge in [0.1, 0.15) is 16.4 Å². The van der Waals surface area contributed by atoms with Gasteiger partial charge in [-0.2, -0.15) is 0 Å². The van der Waals surface area contributed by atoms with Crippen molar-refractivity contribution in [3.05, 3.63) is 80.9 Å². The van der Waals surface area contributed by atoms with Crippen LogP contribution in [0.2, 0.25) is 0 Å². The van der Waals surface area contributed by atoms with Crippen LogP contribution in [0, 0.1) is 20.8 Å². The molecule has 192 valence electrons. The van der Waals surface area contributed by atoms with Gasteiger partial charge in [0, 0.05) is 5.56 Å². The minimum absolute atomic E-state index is 0.0528. The van der Waals surface area contributed by atoms with E-state index >= 15 is 0 Å². The highest BCUT2D eigenvalue weighted by atomic mass is 32.1. The number of hydrogen-bond acceptors (Lipinski definition) is 8. The first-order valence-electron chi connectivity index (χ1n) is 11.8. The number of thiazole rings is 1. The lowest BCUT2D eigenvalue weighted by atomic mass is 9.94. The lowest BCUT2D eigenvalue weighted by Crippen LogP contribution is -2.29. The number of hydrogen-bond donors (Lipinski definition) is 1. The number of carbonyl (C=O) groups is 3. The van der Waals surface area contributed by atoms with Gasteiger partial charge in [-0.15, -0.1) is 0 Å². The van der Waals surface area contributed by atoms with Gasteiger partial charge >= 0.3 is 11.9 Å². The summed E-state index contributed by atoms with van der Waals surface area (Å²) in [4.78, 5) is 44.8. The van der Waals surface area contributed by atoms with Crippen molar-refractivity contribution in [2.24, 2.45) is 0 Å². The summed E-state index contributed by atoms with van der Waals surface area (Å²) in [6, 6.07) is 11.5. The number of aliphatic hydroxyl groups excluding tert-OH is 1. The highest BCUT2D eigenvalue weighted by Gasteiger charge is 2.48. The van der Waals surface area contributed by atoms with E-state index in [4.69, 9.17) is 9.47 Å². The van der Waals surface area contributed by atoms with Crippen molar-refractivity contribution in [2.75, 3.05) is 18.6 Å². The van der Waals surface area contributed by atoms with E-state index in [1.165, 1.54) is 12.0 Å². The number of Topliss-reactive ketones (excluding diaryl/α,β-unsaturated/α-hetero) is 1. The second-order valence-corrected chi connectivity index (χ2v) is 9.79. The molecule has 1 atom stereocenters. The number of nitrogens with zero attached hydrogens (tertiary/aromatic N) is 2. The average Bonchev–Trinajstić information content (AvgIpc) is 3.39. The molecule has 8 nitrogen and oxygen atoms in total. The number of rotatable bonds is 7. The number of methoxy groups -OCH3 is 1. The first kappa shape index (κ1) is 26.1. The van der Waals surface area contributed by atoms with E-state index in [2.05, 4.69) is 4.98 Å². The Labute approximate surface area is 219 Å². The van der Waals surface area contributed by atoms with Crippen molar-refractivity contribution in [1.29, 1.82) is 0 Å². The van der Waals surface area contributed by atoms with E-state index < -0.39 is 23.7 Å². The molecule has 37 heavy (non-hydrogen) atoms. The summed E-state index contributed by atoms with van der Waals surface area (Å²) in [6.07, 6.45) is 0.856. The molecule has 1 aliphatic rings. The normalized spacial score (nSPS) is 16.8. The fraction of sp³-hybridized carbons (Fsp3) is 0.286. The molecule has 0 unspecified atom stereocenters. The first-order valence-corrected chi connectivity index (χ1v) is 12.7. The third-order valence-electron chi connectivity index (χ3n) is 6.11. The number of ketones is 1. The van der Waals surface area contributed by atoms with Crippen LogP contribution in [0.3, 0.4) is 0 Å². The molecule has 0 aliphatic carbocycles. The molecule has 1 saturated heterocycles. The van der Waals surface area contributed by atoms with Gasteiger partial charge in [-0.05, 0) is 56.5 Å². The zero-order valence-corrected chi connectivity index (χ0v) is 22.1. The van der Waals surface area contributed by atoms with Crippen molar-refractivity contribution in [3.8, 4) is 5.75 Å². The number of benzene rings is 2. The Kier molecular flexibility index (Phi) is 7.45. The minimum atomic E-state index is -0.937. The maximum atomic E-state index is 13.4. The molecule has 2 heterocycles. The zero-order chi connectivity index (χ0) is 26.9. The minimum Gasteiger partial charge on any atom is -0.507 e. The second kappa shape index (κ2) is 10.6. The Balaban J connectivity index is 1.88. The van der Waals surface area contributed by atoms with E-state index in [1.807, 2.05) is 32.9 Å². The maximum absolute atomic E-state index is 13.4. The van der Waals surface area contributed by atoms with E-state index in [1.54, 1.807) is 37.3 Å². The summed E-state index contributed by atoms with van der Waals surface area (Å²) in [7, 11) is 1.26. The van der Waals surface area contributed by atoms with Gasteiger partial charge in [-0.3, -0.25) is 14.5 Å². The van der Waals surface area contributed by atoms with E-state index in [0.29, 0.717) is 29.2 Å². The molecule has 0 bridgehead atoms. The van der Waals surface area contributed by atoms with E-state index in [9.17, 15) is 19.5 Å². The molecular formula is C28H28N2O6S. The van der Waals surface area contributed by atoms with Gasteiger partial charge in [-0.25, -0.2) is 9.78 Å². The lowest BCUT2D eigenvalue weighted by Gasteiger charge is -2.23. The Morgan fingerprint density at radius 3 is 2.43 bits per heavy atom. The lowest BCUT2D eigenvalue weighted by molar-refractivity contribution is -0.132. The number of anilines is 1. The Hall–Kier alpha value is -3.98. The van der Waals surface area contributed by atoms with Crippen LogP contribution in [0.15, 0.2) is 48.0 Å². The highest BCUT2D eigenvalue weighted by molar-refractivity contribution is 7.17. The van der Waals surface area contributed by atoms with Gasteiger partial charge in [0.05, 0.1) is 31.0 Å². The number of ether oxygens (including phenoxy) is 2. The molecule has 1 N–H and O–H groups in total. The van der Waals surface area contributed by atoms with Crippen LogP contribution >= 0.6 is 11.3 Å². The van der Waals surface area contributed by atoms with Crippen LogP contribution in [0.1, 0.15) is 57.0 Å². The Morgan fingerprint density at radius 2 is 1.81 bits per heavy atom. The van der Waals surface area contributed by atoms with Crippen LogP contribution in [0.5, 0.6) is 5.75 Å². The zero-order valence-electron chi connectivity index (χ0n) is 21.3. The second-order valence-electron chi connectivity index (χ2n) is 8.81. The smallest absolute Gasteiger partial charge is 0.350 e. The molecule has 9 heteroatoms. The molecule has 1 aliphatic heterocycles. The quantitative estimate of drug-likeness (QED) is 0.196. The predicted octanol–water partition coefficient (Wildman–Crippen LogP) is 5.27. The summed E-state index contributed by atoms with van der Waals surface area (Å²) >= 11 is 0.965. The summed E-state index contributed by atoms with van der Waals surface area (Å²) in [5, 5.41) is 11.6. The summed E-state index contributed by atoms with van der Waals surface area (Å²) in [5.74, 6) is -1.86. The predicted molar refractivity (Wildman–Crippen MR) is 141 cm³/mol. The van der Waals surface area contributed by atoms with Crippen molar-refractivity contribution in [3.63, 3.8) is 0 Å². The number of aliphatic hydroxyl groups is 1. The molecule has 3 aromatic rings. The van der Waals surface area contributed by atoms with Crippen LogP contribution in [0.25, 0.3) is 5.76 Å². The summed E-state index contributed by atoms with van der Waals surface area (Å²) in [6.45, 7) is 7.99. The monoisotopic (exact) mass is 520 g/mol. The van der Waals surface area contributed by atoms with Crippen LogP contribution < -0.4 is 9.64 Å². The SMILES string of the molecule is CCCOc1ccc(C(O)=C2C(=O)C(=O)N(c3nc(C)c(C(=O)OC)s3)[C@@H]2c2ccc(C)cc2)cc1C. The molecule has 0 saturated carbocycles. The van der Waals surface area contributed by atoms with Gasteiger partial charge in [0.2, 0.25) is 0 Å². The van der Waals surface area contributed by atoms with Gasteiger partial charge in [0.15, 0.2) is 5.13 Å². The van der Waals surface area contributed by atoms with Gasteiger partial charge in [0.25, 0.3) is 5.78 Å². The number of carbonyl (C=O) groups excluding carboxylic acids is 3. The van der Waals surface area contributed by atoms with Gasteiger partial charge in [-0.1, -0.05) is 48.1 Å². The fourth-order valence-corrected chi connectivity index (χ4v) is 5.20. The average molecular weight is 521 g/mol. The topological polar surface area (TPSA) is 106 Å². The molecular weight excluding hydrogens is 492 g/mol. The van der Waals surface area contributed by atoms with Crippen LogP contribution in [-0.2, 0) is 14.3 Å². The molecule has 1 amide bonds. The summed E-state index contributed by atoms with van der Waals surface area (Å²) in [5.41, 5.74) is 3.13. The molecule has 1 aromatic heterocycles.